The summed E-state index contributed by atoms with van der Waals surface area (Å²) in [5.74, 6) is -0.0602. The van der Waals surface area contributed by atoms with Crippen LogP contribution in [0.2, 0.25) is 0 Å². The van der Waals surface area contributed by atoms with Crippen molar-refractivity contribution in [2.45, 2.75) is 6.92 Å². The van der Waals surface area contributed by atoms with Gasteiger partial charge in [0.15, 0.2) is 0 Å². The Morgan fingerprint density at radius 1 is 1.21 bits per heavy atom. The van der Waals surface area contributed by atoms with Crippen LogP contribution in [-0.2, 0) is 4.79 Å². The summed E-state index contributed by atoms with van der Waals surface area (Å²) in [6.07, 6.45) is 0. The SMILES string of the molecule is Cc1cc2oc(=O)ccc2cc1N1C(=O)CSC1=O. The number of carbonyl (C=O) groups excluding carboxylic acids is 2. The van der Waals surface area contributed by atoms with Crippen molar-refractivity contribution in [2.75, 3.05) is 10.7 Å². The number of anilines is 1. The zero-order valence-corrected chi connectivity index (χ0v) is 10.8. The Balaban J connectivity index is 2.22. The lowest BCUT2D eigenvalue weighted by Crippen LogP contribution is -2.28. The van der Waals surface area contributed by atoms with E-state index in [1.54, 1.807) is 25.1 Å². The van der Waals surface area contributed by atoms with Gasteiger partial charge in [-0.1, -0.05) is 11.8 Å². The Morgan fingerprint density at radius 2 is 2.00 bits per heavy atom. The minimum Gasteiger partial charge on any atom is -0.423 e. The summed E-state index contributed by atoms with van der Waals surface area (Å²) in [5, 5.41) is 0.405. The third kappa shape index (κ3) is 1.94. The summed E-state index contributed by atoms with van der Waals surface area (Å²) >= 11 is 0.989. The number of nitrogens with zero attached hydrogens (tertiary/aromatic N) is 1. The van der Waals surface area contributed by atoms with Crippen molar-refractivity contribution >= 4 is 39.6 Å². The highest BCUT2D eigenvalue weighted by Gasteiger charge is 2.32. The standard InChI is InChI=1S/C13H9NO4S/c1-7-4-10-8(2-3-12(16)18-10)5-9(7)14-11(15)6-19-13(14)17/h2-5H,6H2,1H3. The molecule has 0 spiro atoms. The number of fused-ring (bicyclic) bond motifs is 1. The minimum absolute atomic E-state index is 0.167. The van der Waals surface area contributed by atoms with Crippen molar-refractivity contribution in [1.29, 1.82) is 0 Å². The van der Waals surface area contributed by atoms with Crippen LogP contribution in [0.25, 0.3) is 11.0 Å². The van der Waals surface area contributed by atoms with Crippen molar-refractivity contribution in [3.05, 3.63) is 40.2 Å². The first-order valence-corrected chi connectivity index (χ1v) is 6.59. The van der Waals surface area contributed by atoms with Crippen molar-refractivity contribution in [3.63, 3.8) is 0 Å². The fraction of sp³-hybridized carbons (Fsp3) is 0.154. The van der Waals surface area contributed by atoms with Crippen LogP contribution in [-0.4, -0.2) is 16.9 Å². The van der Waals surface area contributed by atoms with Crippen molar-refractivity contribution in [3.8, 4) is 0 Å². The number of imide groups is 1. The number of thioether (sulfide) groups is 1. The molecule has 1 aliphatic heterocycles. The number of carbonyl (C=O) groups is 2. The van der Waals surface area contributed by atoms with Crippen LogP contribution in [0.1, 0.15) is 5.56 Å². The second-order valence-electron chi connectivity index (χ2n) is 4.21. The number of rotatable bonds is 1. The van der Waals surface area contributed by atoms with Gasteiger partial charge in [-0.25, -0.2) is 9.69 Å². The fourth-order valence-electron chi connectivity index (χ4n) is 2.03. The summed E-state index contributed by atoms with van der Waals surface area (Å²) in [6.45, 7) is 1.77. The molecule has 2 heterocycles. The molecular formula is C13H9NO4S. The highest BCUT2D eigenvalue weighted by atomic mass is 32.2. The maximum atomic E-state index is 11.7. The van der Waals surface area contributed by atoms with Crippen molar-refractivity contribution in [1.82, 2.24) is 0 Å². The lowest BCUT2D eigenvalue weighted by Gasteiger charge is -2.16. The number of aryl methyl sites for hydroxylation is 1. The molecule has 5 nitrogen and oxygen atoms in total. The fourth-order valence-corrected chi connectivity index (χ4v) is 2.74. The maximum absolute atomic E-state index is 11.7. The van der Waals surface area contributed by atoms with E-state index >= 15 is 0 Å². The van der Waals surface area contributed by atoms with Gasteiger partial charge in [0.1, 0.15) is 5.58 Å². The van der Waals surface area contributed by atoms with Crippen molar-refractivity contribution in [2.24, 2.45) is 0 Å². The molecule has 96 valence electrons. The first-order chi connectivity index (χ1) is 9.06. The summed E-state index contributed by atoms with van der Waals surface area (Å²) in [6, 6.07) is 6.27. The molecule has 6 heteroatoms. The van der Waals surface area contributed by atoms with Crippen molar-refractivity contribution < 1.29 is 14.0 Å². The Bertz CT molecular complexity index is 749. The summed E-state index contributed by atoms with van der Waals surface area (Å²) in [7, 11) is 0. The summed E-state index contributed by atoms with van der Waals surface area (Å²) in [5.41, 5.74) is 1.27. The van der Waals surface area contributed by atoms with E-state index < -0.39 is 5.63 Å². The van der Waals surface area contributed by atoms with Gasteiger partial charge in [0.05, 0.1) is 11.4 Å². The Labute approximate surface area is 112 Å². The normalized spacial score (nSPS) is 15.5. The molecule has 2 amide bonds. The molecule has 0 N–H and O–H groups in total. The van der Waals surface area contributed by atoms with Crippen LogP contribution >= 0.6 is 11.8 Å². The highest BCUT2D eigenvalue weighted by Crippen LogP contribution is 2.31. The minimum atomic E-state index is -0.427. The number of amides is 2. The van der Waals surface area contributed by atoms with E-state index in [1.807, 2.05) is 0 Å². The van der Waals surface area contributed by atoms with E-state index in [-0.39, 0.29) is 16.9 Å². The van der Waals surface area contributed by atoms with Crippen LogP contribution in [0.5, 0.6) is 0 Å². The smallest absolute Gasteiger partial charge is 0.336 e. The van der Waals surface area contributed by atoms with Gasteiger partial charge in [0.2, 0.25) is 5.91 Å². The Hall–Kier alpha value is -2.08. The summed E-state index contributed by atoms with van der Waals surface area (Å²) < 4.78 is 5.06. The van der Waals surface area contributed by atoms with E-state index in [1.165, 1.54) is 11.0 Å². The maximum Gasteiger partial charge on any atom is 0.336 e. The summed E-state index contributed by atoms with van der Waals surface area (Å²) in [4.78, 5) is 35.8. The van der Waals surface area contributed by atoms with Gasteiger partial charge in [-0.15, -0.1) is 0 Å². The van der Waals surface area contributed by atoms with Gasteiger partial charge in [-0.05, 0) is 30.7 Å². The first kappa shape index (κ1) is 12.0. The van der Waals surface area contributed by atoms with Crippen LogP contribution in [0, 0.1) is 6.92 Å². The molecular weight excluding hydrogens is 266 g/mol. The second-order valence-corrected chi connectivity index (χ2v) is 5.14. The zero-order valence-electron chi connectivity index (χ0n) is 10.0. The molecule has 0 radical (unpaired) electrons. The monoisotopic (exact) mass is 275 g/mol. The van der Waals surface area contributed by atoms with Gasteiger partial charge >= 0.3 is 5.63 Å². The molecule has 1 aromatic heterocycles. The third-order valence-corrected chi connectivity index (χ3v) is 3.75. The largest absolute Gasteiger partial charge is 0.423 e. The van der Waals surface area contributed by atoms with Gasteiger partial charge in [-0.3, -0.25) is 9.59 Å². The quantitative estimate of drug-likeness (QED) is 0.747. The zero-order chi connectivity index (χ0) is 13.6. The topological polar surface area (TPSA) is 67.6 Å². The average Bonchev–Trinajstić information content (AvgIpc) is 2.68. The second kappa shape index (κ2) is 4.24. The van der Waals surface area contributed by atoms with Gasteiger partial charge in [-0.2, -0.15) is 0 Å². The predicted molar refractivity (Wildman–Crippen MR) is 72.6 cm³/mol. The van der Waals surface area contributed by atoms with Gasteiger partial charge < -0.3 is 4.42 Å². The number of hydrogen-bond acceptors (Lipinski definition) is 5. The molecule has 0 saturated carbocycles. The highest BCUT2D eigenvalue weighted by molar-refractivity contribution is 8.15. The van der Waals surface area contributed by atoms with Crippen LogP contribution < -0.4 is 10.5 Å². The number of benzene rings is 1. The van der Waals surface area contributed by atoms with Gasteiger partial charge in [0.25, 0.3) is 5.24 Å². The molecule has 0 aliphatic carbocycles. The van der Waals surface area contributed by atoms with Gasteiger partial charge in [0, 0.05) is 11.5 Å². The predicted octanol–water partition coefficient (Wildman–Crippen LogP) is 2.30. The molecule has 1 saturated heterocycles. The van der Waals surface area contributed by atoms with E-state index in [0.717, 1.165) is 11.8 Å². The lowest BCUT2D eigenvalue weighted by molar-refractivity contribution is -0.115. The molecule has 2 aromatic rings. The van der Waals surface area contributed by atoms with E-state index in [0.29, 0.717) is 22.2 Å². The Kier molecular flexibility index (Phi) is 2.67. The molecule has 1 fully saturated rings. The molecule has 19 heavy (non-hydrogen) atoms. The number of hydrogen-bond donors (Lipinski definition) is 0. The van der Waals surface area contributed by atoms with Crippen LogP contribution in [0.3, 0.4) is 0 Å². The molecule has 0 atom stereocenters. The first-order valence-electron chi connectivity index (χ1n) is 5.60. The van der Waals surface area contributed by atoms with E-state index in [9.17, 15) is 14.4 Å². The van der Waals surface area contributed by atoms with Crippen LogP contribution in [0.4, 0.5) is 10.5 Å². The van der Waals surface area contributed by atoms with E-state index in [4.69, 9.17) is 4.42 Å². The third-order valence-electron chi connectivity index (χ3n) is 2.93. The van der Waals surface area contributed by atoms with E-state index in [2.05, 4.69) is 0 Å². The molecule has 1 aromatic carbocycles. The Morgan fingerprint density at radius 3 is 2.68 bits per heavy atom. The lowest BCUT2D eigenvalue weighted by atomic mass is 10.1. The molecule has 1 aliphatic rings. The molecule has 0 unspecified atom stereocenters. The molecule has 3 rings (SSSR count). The average molecular weight is 275 g/mol. The molecule has 0 bridgehead atoms. The van der Waals surface area contributed by atoms with Crippen LogP contribution in [0.15, 0.2) is 33.5 Å².